The van der Waals surface area contributed by atoms with Gasteiger partial charge in [-0.15, -0.1) is 12.4 Å². The number of ether oxygens (including phenoxy) is 1. The van der Waals surface area contributed by atoms with E-state index in [4.69, 9.17) is 10.5 Å². The molecule has 0 bridgehead atoms. The van der Waals surface area contributed by atoms with Crippen LogP contribution in [0.15, 0.2) is 0 Å². The topological polar surface area (TPSA) is 67.6 Å². The average molecular weight is 334 g/mol. The number of carbonyl (C=O) groups excluding carboxylic acids is 1. The predicted octanol–water partition coefficient (Wildman–Crippen LogP) is 1.54. The fraction of sp³-hybridized carbons (Fsp3) is 0.938. The van der Waals surface area contributed by atoms with Crippen molar-refractivity contribution >= 4 is 18.3 Å². The van der Waals surface area contributed by atoms with Gasteiger partial charge in [0, 0.05) is 37.1 Å². The summed E-state index contributed by atoms with van der Waals surface area (Å²) in [6.07, 6.45) is 6.20. The lowest BCUT2D eigenvalue weighted by atomic mass is 9.79. The fourth-order valence-electron chi connectivity index (χ4n) is 3.50. The molecule has 0 aromatic carbocycles. The number of hydrogen-bond donors (Lipinski definition) is 2. The van der Waals surface area contributed by atoms with E-state index in [2.05, 4.69) is 10.2 Å². The number of morpholine rings is 1. The van der Waals surface area contributed by atoms with Crippen LogP contribution in [0.4, 0.5) is 0 Å². The van der Waals surface area contributed by atoms with Gasteiger partial charge < -0.3 is 15.8 Å². The summed E-state index contributed by atoms with van der Waals surface area (Å²) in [7, 11) is 0. The zero-order chi connectivity index (χ0) is 15.3. The van der Waals surface area contributed by atoms with E-state index in [1.807, 2.05) is 13.8 Å². The van der Waals surface area contributed by atoms with Gasteiger partial charge in [-0.05, 0) is 19.8 Å². The van der Waals surface area contributed by atoms with Gasteiger partial charge >= 0.3 is 0 Å². The van der Waals surface area contributed by atoms with E-state index in [-0.39, 0.29) is 35.8 Å². The van der Waals surface area contributed by atoms with Crippen molar-refractivity contribution in [1.29, 1.82) is 0 Å². The van der Waals surface area contributed by atoms with E-state index in [1.54, 1.807) is 0 Å². The number of rotatable bonds is 5. The van der Waals surface area contributed by atoms with E-state index in [9.17, 15) is 4.79 Å². The number of hydrogen-bond acceptors (Lipinski definition) is 4. The summed E-state index contributed by atoms with van der Waals surface area (Å²) in [6.45, 7) is 8.14. The maximum absolute atomic E-state index is 12.2. The van der Waals surface area contributed by atoms with Crippen molar-refractivity contribution < 1.29 is 9.53 Å². The Labute approximate surface area is 140 Å². The average Bonchev–Trinajstić information content (AvgIpc) is 2.53. The van der Waals surface area contributed by atoms with Crippen molar-refractivity contribution in [3.05, 3.63) is 0 Å². The Balaban J connectivity index is 0.00000242. The Kier molecular flexibility index (Phi) is 8.11. The Hall–Kier alpha value is -0.360. The first-order valence-electron chi connectivity index (χ1n) is 8.41. The molecule has 2 aliphatic rings. The number of halogens is 1. The largest absolute Gasteiger partial charge is 0.379 e. The van der Waals surface area contributed by atoms with Crippen LogP contribution in [-0.2, 0) is 9.53 Å². The second-order valence-corrected chi connectivity index (χ2v) is 6.75. The van der Waals surface area contributed by atoms with Crippen LogP contribution in [0, 0.1) is 5.92 Å². The minimum absolute atomic E-state index is 0. The lowest BCUT2D eigenvalue weighted by Crippen LogP contribution is -2.60. The summed E-state index contributed by atoms with van der Waals surface area (Å²) in [4.78, 5) is 14.8. The van der Waals surface area contributed by atoms with Crippen molar-refractivity contribution in [3.63, 3.8) is 0 Å². The molecule has 3 N–H and O–H groups in total. The summed E-state index contributed by atoms with van der Waals surface area (Å²) in [5.41, 5.74) is 5.97. The Morgan fingerprint density at radius 3 is 2.36 bits per heavy atom. The number of nitrogens with zero attached hydrogens (tertiary/aromatic N) is 1. The Morgan fingerprint density at radius 2 is 1.82 bits per heavy atom. The van der Waals surface area contributed by atoms with Gasteiger partial charge in [0.15, 0.2) is 0 Å². The maximum atomic E-state index is 12.2. The van der Waals surface area contributed by atoms with Crippen LogP contribution in [-0.4, -0.2) is 55.2 Å². The second-order valence-electron chi connectivity index (χ2n) is 6.75. The summed E-state index contributed by atoms with van der Waals surface area (Å²) in [5, 5.41) is 3.17. The first-order chi connectivity index (χ1) is 10.1. The predicted molar refractivity (Wildman–Crippen MR) is 91.3 cm³/mol. The van der Waals surface area contributed by atoms with Gasteiger partial charge in [0.1, 0.15) is 0 Å². The van der Waals surface area contributed by atoms with Gasteiger partial charge in [-0.3, -0.25) is 9.69 Å². The molecule has 5 nitrogen and oxygen atoms in total. The molecule has 0 aromatic rings. The third kappa shape index (κ3) is 4.82. The summed E-state index contributed by atoms with van der Waals surface area (Å²) >= 11 is 0. The van der Waals surface area contributed by atoms with E-state index in [1.165, 1.54) is 32.1 Å². The number of amides is 1. The molecule has 1 saturated carbocycles. The highest BCUT2D eigenvalue weighted by molar-refractivity contribution is 5.85. The molecule has 1 heterocycles. The highest BCUT2D eigenvalue weighted by Gasteiger charge is 2.39. The molecule has 2 fully saturated rings. The quantitative estimate of drug-likeness (QED) is 0.801. The minimum Gasteiger partial charge on any atom is -0.379 e. The van der Waals surface area contributed by atoms with Crippen molar-refractivity contribution in [1.82, 2.24) is 10.2 Å². The van der Waals surface area contributed by atoms with Crippen molar-refractivity contribution in [2.45, 2.75) is 57.5 Å². The molecule has 0 radical (unpaired) electrons. The van der Waals surface area contributed by atoms with E-state index < -0.39 is 0 Å². The molecule has 6 heteroatoms. The third-order valence-electron chi connectivity index (χ3n) is 5.26. The smallest absolute Gasteiger partial charge is 0.224 e. The molecular formula is C16H32ClN3O2. The Morgan fingerprint density at radius 1 is 1.23 bits per heavy atom. The van der Waals surface area contributed by atoms with Crippen molar-refractivity contribution in [3.8, 4) is 0 Å². The molecule has 0 spiro atoms. The molecule has 2 unspecified atom stereocenters. The van der Waals surface area contributed by atoms with E-state index in [0.29, 0.717) is 0 Å². The number of nitrogens with two attached hydrogens (primary N) is 1. The molecule has 130 valence electrons. The maximum Gasteiger partial charge on any atom is 0.224 e. The zero-order valence-corrected chi connectivity index (χ0v) is 14.8. The Bertz CT molecular complexity index is 340. The molecule has 1 saturated heterocycles. The highest BCUT2D eigenvalue weighted by Crippen LogP contribution is 2.33. The van der Waals surface area contributed by atoms with Crippen LogP contribution in [0.2, 0.25) is 0 Å². The van der Waals surface area contributed by atoms with Crippen LogP contribution < -0.4 is 11.1 Å². The molecule has 1 aliphatic carbocycles. The number of nitrogens with one attached hydrogen (secondary N) is 1. The number of carbonyl (C=O) groups is 1. The molecular weight excluding hydrogens is 302 g/mol. The van der Waals surface area contributed by atoms with Gasteiger partial charge in [-0.25, -0.2) is 0 Å². The van der Waals surface area contributed by atoms with Crippen molar-refractivity contribution in [2.24, 2.45) is 11.7 Å². The van der Waals surface area contributed by atoms with Crippen LogP contribution in [0.1, 0.15) is 46.0 Å². The lowest BCUT2D eigenvalue weighted by molar-refractivity contribution is -0.126. The van der Waals surface area contributed by atoms with Crippen LogP contribution in [0.25, 0.3) is 0 Å². The first-order valence-corrected chi connectivity index (χ1v) is 8.41. The molecule has 0 aromatic heterocycles. The SMILES string of the molecule is CC(N)C(C)C(=O)NCC1(N2CCOCC2)CCCCC1.Cl. The monoisotopic (exact) mass is 333 g/mol. The minimum atomic E-state index is -0.129. The molecule has 1 amide bonds. The molecule has 22 heavy (non-hydrogen) atoms. The van der Waals surface area contributed by atoms with E-state index >= 15 is 0 Å². The second kappa shape index (κ2) is 9.06. The first kappa shape index (κ1) is 19.7. The zero-order valence-electron chi connectivity index (χ0n) is 14.0. The lowest BCUT2D eigenvalue weighted by Gasteiger charge is -2.48. The molecule has 2 rings (SSSR count). The molecule has 2 atom stereocenters. The highest BCUT2D eigenvalue weighted by atomic mass is 35.5. The van der Waals surface area contributed by atoms with Crippen LogP contribution >= 0.6 is 12.4 Å². The van der Waals surface area contributed by atoms with Crippen LogP contribution in [0.5, 0.6) is 0 Å². The van der Waals surface area contributed by atoms with Crippen LogP contribution in [0.3, 0.4) is 0 Å². The van der Waals surface area contributed by atoms with Gasteiger partial charge in [0.05, 0.1) is 13.2 Å². The van der Waals surface area contributed by atoms with Gasteiger partial charge in [-0.2, -0.15) is 0 Å². The molecule has 1 aliphatic heterocycles. The van der Waals surface area contributed by atoms with Crippen molar-refractivity contribution in [2.75, 3.05) is 32.8 Å². The normalized spacial score (nSPS) is 24.9. The van der Waals surface area contributed by atoms with Gasteiger partial charge in [-0.1, -0.05) is 26.2 Å². The summed E-state index contributed by atoms with van der Waals surface area (Å²) in [5.74, 6) is -0.0430. The summed E-state index contributed by atoms with van der Waals surface area (Å²) < 4.78 is 5.49. The van der Waals surface area contributed by atoms with Gasteiger partial charge in [0.25, 0.3) is 0 Å². The van der Waals surface area contributed by atoms with E-state index in [0.717, 1.165) is 32.8 Å². The van der Waals surface area contributed by atoms with Gasteiger partial charge in [0.2, 0.25) is 5.91 Å². The summed E-state index contributed by atoms with van der Waals surface area (Å²) in [6, 6.07) is -0.101. The third-order valence-corrected chi connectivity index (χ3v) is 5.26. The standard InChI is InChI=1S/C16H31N3O2.ClH/c1-13(14(2)17)15(20)18-12-16(6-4-3-5-7-16)19-8-10-21-11-9-19;/h13-14H,3-12,17H2,1-2H3,(H,18,20);1H. The fourth-order valence-corrected chi connectivity index (χ4v) is 3.50.